The van der Waals surface area contributed by atoms with Gasteiger partial charge in [0.05, 0.1) is 13.1 Å². The van der Waals surface area contributed by atoms with E-state index in [1.54, 1.807) is 6.20 Å². The van der Waals surface area contributed by atoms with Gasteiger partial charge in [-0.1, -0.05) is 12.0 Å². The van der Waals surface area contributed by atoms with E-state index in [0.717, 1.165) is 17.9 Å². The number of benzene rings is 1. The van der Waals surface area contributed by atoms with E-state index in [1.807, 2.05) is 37.3 Å². The van der Waals surface area contributed by atoms with Gasteiger partial charge in [0.2, 0.25) is 5.88 Å². The molecule has 0 aliphatic heterocycles. The van der Waals surface area contributed by atoms with Gasteiger partial charge in [-0.3, -0.25) is 0 Å². The van der Waals surface area contributed by atoms with Gasteiger partial charge in [-0.05, 0) is 55.7 Å². The van der Waals surface area contributed by atoms with Crippen LogP contribution in [0.15, 0.2) is 41.5 Å². The Kier molecular flexibility index (Phi) is 6.85. The predicted octanol–water partition coefficient (Wildman–Crippen LogP) is 3.18. The maximum absolute atomic E-state index is 5.86. The first-order chi connectivity index (χ1) is 12.1. The van der Waals surface area contributed by atoms with E-state index < -0.39 is 0 Å². The summed E-state index contributed by atoms with van der Waals surface area (Å²) in [5, 5.41) is 6.21. The summed E-state index contributed by atoms with van der Waals surface area (Å²) in [6.45, 7) is 7.86. The van der Waals surface area contributed by atoms with Crippen LogP contribution in [0.3, 0.4) is 0 Å². The average Bonchev–Trinajstić information content (AvgIpc) is 2.61. The van der Waals surface area contributed by atoms with Crippen LogP contribution < -0.4 is 15.4 Å². The SMILES string of the molecule is C#CCNC(=NCc1ccnc(Oc2ccc(C)c(C)c2)c1)NCC. The molecule has 1 aromatic carbocycles. The molecule has 0 aliphatic rings. The molecule has 0 bridgehead atoms. The molecule has 0 radical (unpaired) electrons. The van der Waals surface area contributed by atoms with Gasteiger partial charge in [-0.2, -0.15) is 0 Å². The van der Waals surface area contributed by atoms with E-state index in [-0.39, 0.29) is 0 Å². The summed E-state index contributed by atoms with van der Waals surface area (Å²) >= 11 is 0. The van der Waals surface area contributed by atoms with Crippen molar-refractivity contribution in [2.24, 2.45) is 4.99 Å². The maximum atomic E-state index is 5.86. The zero-order valence-electron chi connectivity index (χ0n) is 15.0. The van der Waals surface area contributed by atoms with E-state index >= 15 is 0 Å². The van der Waals surface area contributed by atoms with Gasteiger partial charge in [-0.15, -0.1) is 6.42 Å². The van der Waals surface area contributed by atoms with Gasteiger partial charge in [-0.25, -0.2) is 9.98 Å². The first-order valence-electron chi connectivity index (χ1n) is 8.28. The molecule has 2 aromatic rings. The minimum Gasteiger partial charge on any atom is -0.439 e. The number of aryl methyl sites for hydroxylation is 2. The molecule has 0 saturated carbocycles. The standard InChI is InChI=1S/C20H24N4O/c1-5-10-23-20(21-6-2)24-14-17-9-11-22-19(13-17)25-18-8-7-15(3)16(4)12-18/h1,7-9,11-13H,6,10,14H2,2-4H3,(H2,21,23,24). The number of rotatable bonds is 6. The average molecular weight is 336 g/mol. The first-order valence-corrected chi connectivity index (χ1v) is 8.28. The lowest BCUT2D eigenvalue weighted by molar-refractivity contribution is 0.461. The molecule has 25 heavy (non-hydrogen) atoms. The third-order valence-corrected chi connectivity index (χ3v) is 3.62. The molecule has 5 heteroatoms. The molecule has 2 rings (SSSR count). The van der Waals surface area contributed by atoms with Crippen molar-refractivity contribution in [2.75, 3.05) is 13.1 Å². The Morgan fingerprint density at radius 1 is 1.20 bits per heavy atom. The summed E-state index contributed by atoms with van der Waals surface area (Å²) < 4.78 is 5.86. The van der Waals surface area contributed by atoms with Crippen molar-refractivity contribution in [1.29, 1.82) is 0 Å². The fourth-order valence-corrected chi connectivity index (χ4v) is 2.15. The molecule has 1 heterocycles. The summed E-state index contributed by atoms with van der Waals surface area (Å²) in [5.41, 5.74) is 3.43. The smallest absolute Gasteiger partial charge is 0.219 e. The van der Waals surface area contributed by atoms with Crippen molar-refractivity contribution < 1.29 is 4.74 Å². The van der Waals surface area contributed by atoms with E-state index in [2.05, 4.69) is 40.4 Å². The fraction of sp³-hybridized carbons (Fsp3) is 0.300. The highest BCUT2D eigenvalue weighted by atomic mass is 16.5. The second-order valence-electron chi connectivity index (χ2n) is 5.60. The highest BCUT2D eigenvalue weighted by Gasteiger charge is 2.03. The van der Waals surface area contributed by atoms with Crippen LogP contribution in [-0.2, 0) is 6.54 Å². The van der Waals surface area contributed by atoms with Crippen molar-refractivity contribution in [1.82, 2.24) is 15.6 Å². The van der Waals surface area contributed by atoms with Gasteiger partial charge in [0.15, 0.2) is 5.96 Å². The number of hydrogen-bond donors (Lipinski definition) is 2. The van der Waals surface area contributed by atoms with Gasteiger partial charge in [0.25, 0.3) is 0 Å². The highest BCUT2D eigenvalue weighted by molar-refractivity contribution is 5.79. The second-order valence-corrected chi connectivity index (χ2v) is 5.60. The second kappa shape index (κ2) is 9.33. The summed E-state index contributed by atoms with van der Waals surface area (Å²) in [6, 6.07) is 9.81. The molecule has 0 spiro atoms. The first kappa shape index (κ1) is 18.3. The molecule has 2 N–H and O–H groups in total. The van der Waals surface area contributed by atoms with Gasteiger partial charge >= 0.3 is 0 Å². The summed E-state index contributed by atoms with van der Waals surface area (Å²) in [7, 11) is 0. The summed E-state index contributed by atoms with van der Waals surface area (Å²) in [6.07, 6.45) is 7.00. The maximum Gasteiger partial charge on any atom is 0.219 e. The zero-order chi connectivity index (χ0) is 18.1. The van der Waals surface area contributed by atoms with Gasteiger partial charge < -0.3 is 15.4 Å². The van der Waals surface area contributed by atoms with E-state index in [1.165, 1.54) is 11.1 Å². The number of pyridine rings is 1. The molecule has 0 fully saturated rings. The van der Waals surface area contributed by atoms with Crippen LogP contribution in [0.1, 0.15) is 23.6 Å². The molecule has 0 atom stereocenters. The Morgan fingerprint density at radius 3 is 2.76 bits per heavy atom. The minimum atomic E-state index is 0.434. The Hall–Kier alpha value is -3.00. The number of aliphatic imine (C=N–C) groups is 1. The number of hydrogen-bond acceptors (Lipinski definition) is 3. The van der Waals surface area contributed by atoms with Crippen LogP contribution in [0.4, 0.5) is 0 Å². The number of ether oxygens (including phenoxy) is 1. The Morgan fingerprint density at radius 2 is 2.04 bits per heavy atom. The Balaban J connectivity index is 2.07. The molecule has 5 nitrogen and oxygen atoms in total. The lowest BCUT2D eigenvalue weighted by Gasteiger charge is -2.10. The monoisotopic (exact) mass is 336 g/mol. The fourth-order valence-electron chi connectivity index (χ4n) is 2.15. The van der Waals surface area contributed by atoms with Crippen LogP contribution in [-0.4, -0.2) is 24.0 Å². The van der Waals surface area contributed by atoms with Gasteiger partial charge in [0, 0.05) is 18.8 Å². The van der Waals surface area contributed by atoms with Gasteiger partial charge in [0.1, 0.15) is 5.75 Å². The topological polar surface area (TPSA) is 58.5 Å². The molecule has 0 saturated heterocycles. The number of nitrogens with zero attached hydrogens (tertiary/aromatic N) is 2. The van der Waals surface area contributed by atoms with Crippen LogP contribution >= 0.6 is 0 Å². The summed E-state index contributed by atoms with van der Waals surface area (Å²) in [5.74, 6) is 4.56. The molecule has 0 unspecified atom stereocenters. The third-order valence-electron chi connectivity index (χ3n) is 3.62. The van der Waals surface area contributed by atoms with Crippen molar-refractivity contribution in [3.05, 3.63) is 53.2 Å². The molecule has 0 aliphatic carbocycles. The van der Waals surface area contributed by atoms with E-state index in [9.17, 15) is 0 Å². The Labute approximate surface area is 149 Å². The third kappa shape index (κ3) is 5.85. The van der Waals surface area contributed by atoms with E-state index in [0.29, 0.717) is 24.9 Å². The molecule has 0 amide bonds. The summed E-state index contributed by atoms with van der Waals surface area (Å²) in [4.78, 5) is 8.78. The largest absolute Gasteiger partial charge is 0.439 e. The molecular weight excluding hydrogens is 312 g/mol. The Bertz CT molecular complexity index is 778. The quantitative estimate of drug-likeness (QED) is 0.483. The van der Waals surface area contributed by atoms with Crippen LogP contribution in [0, 0.1) is 26.2 Å². The molecule has 130 valence electrons. The molecular formula is C20H24N4O. The zero-order valence-corrected chi connectivity index (χ0v) is 15.0. The number of aromatic nitrogens is 1. The number of nitrogens with one attached hydrogen (secondary N) is 2. The van der Waals surface area contributed by atoms with E-state index in [4.69, 9.17) is 11.2 Å². The van der Waals surface area contributed by atoms with Crippen LogP contribution in [0.25, 0.3) is 0 Å². The predicted molar refractivity (Wildman–Crippen MR) is 102 cm³/mol. The normalized spacial score (nSPS) is 10.9. The van der Waals surface area contributed by atoms with Crippen molar-refractivity contribution in [2.45, 2.75) is 27.3 Å². The number of terminal acetylenes is 1. The van der Waals surface area contributed by atoms with Crippen molar-refractivity contribution >= 4 is 5.96 Å². The van der Waals surface area contributed by atoms with Crippen LogP contribution in [0.2, 0.25) is 0 Å². The minimum absolute atomic E-state index is 0.434. The van der Waals surface area contributed by atoms with Crippen molar-refractivity contribution in [3.63, 3.8) is 0 Å². The lowest BCUT2D eigenvalue weighted by atomic mass is 10.1. The van der Waals surface area contributed by atoms with Crippen LogP contribution in [0.5, 0.6) is 11.6 Å². The number of guanidine groups is 1. The highest BCUT2D eigenvalue weighted by Crippen LogP contribution is 2.22. The lowest BCUT2D eigenvalue weighted by Crippen LogP contribution is -2.37. The van der Waals surface area contributed by atoms with Crippen molar-refractivity contribution in [3.8, 4) is 24.0 Å². The molecule has 1 aromatic heterocycles.